The summed E-state index contributed by atoms with van der Waals surface area (Å²) >= 11 is 0.890. The van der Waals surface area contributed by atoms with E-state index < -0.39 is 71.3 Å². The molecule has 0 rings (SSSR count). The molecule has 182 valence electrons. The lowest BCUT2D eigenvalue weighted by molar-refractivity contribution is -0.398. The van der Waals surface area contributed by atoms with Crippen LogP contribution in [0.4, 0.5) is 74.6 Å². The van der Waals surface area contributed by atoms with Crippen molar-refractivity contribution in [1.29, 1.82) is 0 Å². The number of hydrogen-bond acceptors (Lipinski definition) is 0. The van der Waals surface area contributed by atoms with Crippen molar-refractivity contribution in [1.82, 2.24) is 0 Å². The van der Waals surface area contributed by atoms with Crippen LogP contribution in [0.25, 0.3) is 0 Å². The molecule has 0 radical (unpaired) electrons. The summed E-state index contributed by atoms with van der Waals surface area (Å²) in [5, 5.41) is 0. The third kappa shape index (κ3) is 5.47. The molecule has 0 bridgehead atoms. The smallest absolute Gasteiger partial charge is 0.224 e. The first-order chi connectivity index (χ1) is 12.8. The minimum atomic E-state index is -7.47. The van der Waals surface area contributed by atoms with Gasteiger partial charge in [-0.1, -0.05) is 22.6 Å². The van der Waals surface area contributed by atoms with Gasteiger partial charge in [0, 0.05) is 6.42 Å². The average Bonchev–Trinajstić information content (AvgIpc) is 2.40. The third-order valence-electron chi connectivity index (χ3n) is 4.00. The van der Waals surface area contributed by atoms with Gasteiger partial charge in [0.25, 0.3) is 5.67 Å². The Balaban J connectivity index is 6.98. The summed E-state index contributed by atoms with van der Waals surface area (Å²) in [7, 11) is 0. The molecule has 2 atom stereocenters. The molecule has 18 heteroatoms. The Hall–Kier alpha value is -0.460. The molecule has 0 N–H and O–H groups in total. The fourth-order valence-electron chi connectivity index (χ4n) is 2.61. The highest BCUT2D eigenvalue weighted by atomic mass is 127. The predicted octanol–water partition coefficient (Wildman–Crippen LogP) is 7.66. The van der Waals surface area contributed by atoms with Crippen molar-refractivity contribution in [3.63, 3.8) is 0 Å². The van der Waals surface area contributed by atoms with Crippen molar-refractivity contribution in [3.8, 4) is 0 Å². The van der Waals surface area contributed by atoms with Crippen molar-refractivity contribution in [3.05, 3.63) is 0 Å². The first kappa shape index (κ1) is 29.5. The van der Waals surface area contributed by atoms with Gasteiger partial charge in [-0.3, -0.25) is 0 Å². The minimum Gasteiger partial charge on any atom is -0.224 e. The predicted molar refractivity (Wildman–Crippen MR) is 73.1 cm³/mol. The van der Waals surface area contributed by atoms with Crippen molar-refractivity contribution in [2.24, 2.45) is 11.8 Å². The first-order valence-electron chi connectivity index (χ1n) is 7.06. The molecule has 0 spiro atoms. The third-order valence-corrected chi connectivity index (χ3v) is 4.62. The van der Waals surface area contributed by atoms with Crippen LogP contribution in [0.1, 0.15) is 12.8 Å². The van der Waals surface area contributed by atoms with Crippen LogP contribution in [0, 0.1) is 11.8 Å². The van der Waals surface area contributed by atoms with Crippen molar-refractivity contribution in [2.75, 3.05) is 4.43 Å². The summed E-state index contributed by atoms with van der Waals surface area (Å²) in [5.41, 5.74) is -14.0. The lowest BCUT2D eigenvalue weighted by Crippen LogP contribution is -2.65. The molecule has 0 amide bonds. The average molecular weight is 602 g/mol. The molecule has 0 aromatic rings. The fourth-order valence-corrected chi connectivity index (χ4v) is 3.41. The zero-order valence-electron chi connectivity index (χ0n) is 13.6. The molecule has 0 aliphatic carbocycles. The molecule has 0 heterocycles. The van der Waals surface area contributed by atoms with E-state index in [1.807, 2.05) is 0 Å². The highest BCUT2D eigenvalue weighted by Crippen LogP contribution is 2.60. The summed E-state index contributed by atoms with van der Waals surface area (Å²) in [5.74, 6) is -9.57. The zero-order valence-corrected chi connectivity index (χ0v) is 15.7. The van der Waals surface area contributed by atoms with Crippen LogP contribution in [0.15, 0.2) is 0 Å². The van der Waals surface area contributed by atoms with E-state index in [2.05, 4.69) is 0 Å². The number of hydrogen-bond donors (Lipinski definition) is 0. The van der Waals surface area contributed by atoms with E-state index in [0.717, 1.165) is 22.6 Å². The molecule has 0 aromatic heterocycles. The van der Waals surface area contributed by atoms with E-state index in [1.54, 1.807) is 0 Å². The SMILES string of the molecule is FC(F)(F)C(C(CCI)CC(F)(C(F)(F)F)C(F)(F)F)C(F)(C(F)(F)F)C(F)(F)F. The molecular weight excluding hydrogens is 594 g/mol. The molecule has 0 aliphatic heterocycles. The Bertz CT molecular complexity index is 534. The summed E-state index contributed by atoms with van der Waals surface area (Å²) in [6.45, 7) is 0. The van der Waals surface area contributed by atoms with Crippen molar-refractivity contribution in [2.45, 2.75) is 55.1 Å². The second-order valence-electron chi connectivity index (χ2n) is 5.97. The molecule has 0 saturated carbocycles. The van der Waals surface area contributed by atoms with E-state index in [-0.39, 0.29) is 0 Å². The summed E-state index contributed by atoms with van der Waals surface area (Å²) in [4.78, 5) is 0. The molecule has 0 aliphatic rings. The van der Waals surface area contributed by atoms with Gasteiger partial charge in [-0.15, -0.1) is 0 Å². The highest BCUT2D eigenvalue weighted by Gasteiger charge is 2.83. The quantitative estimate of drug-likeness (QED) is 0.167. The molecule has 0 fully saturated rings. The van der Waals surface area contributed by atoms with E-state index in [4.69, 9.17) is 0 Å². The van der Waals surface area contributed by atoms with Gasteiger partial charge in [-0.25, -0.2) is 8.78 Å². The van der Waals surface area contributed by atoms with Gasteiger partial charge >= 0.3 is 36.6 Å². The standard InChI is InChI=1S/C12H8F17I/c13-6(9(18,19)20,10(21,22)23)3-4(1-2-30)5(8(15,16)17)7(14,11(24,25)26)12(27,28)29/h4-5H,1-3H2. The highest BCUT2D eigenvalue weighted by molar-refractivity contribution is 14.1. The van der Waals surface area contributed by atoms with Gasteiger partial charge in [0.05, 0.1) is 0 Å². The lowest BCUT2D eigenvalue weighted by Gasteiger charge is -2.43. The Labute approximate surface area is 169 Å². The van der Waals surface area contributed by atoms with E-state index in [0.29, 0.717) is 0 Å². The van der Waals surface area contributed by atoms with Crippen LogP contribution >= 0.6 is 22.6 Å². The van der Waals surface area contributed by atoms with E-state index in [1.165, 1.54) is 0 Å². The van der Waals surface area contributed by atoms with Crippen LogP contribution in [-0.2, 0) is 0 Å². The maximum absolute atomic E-state index is 14.1. The van der Waals surface area contributed by atoms with Gasteiger partial charge in [-0.05, 0) is 16.8 Å². The summed E-state index contributed by atoms with van der Waals surface area (Å²) in [6, 6.07) is 0. The van der Waals surface area contributed by atoms with Crippen LogP contribution in [0.5, 0.6) is 0 Å². The Kier molecular flexibility index (Phi) is 8.34. The van der Waals surface area contributed by atoms with Crippen LogP contribution in [0.2, 0.25) is 0 Å². The van der Waals surface area contributed by atoms with Gasteiger partial charge in [-0.2, -0.15) is 65.9 Å². The largest absolute Gasteiger partial charge is 0.432 e. The molecular formula is C12H8F17I. The van der Waals surface area contributed by atoms with Gasteiger partial charge < -0.3 is 0 Å². The van der Waals surface area contributed by atoms with Crippen molar-refractivity contribution >= 4 is 22.6 Å². The van der Waals surface area contributed by atoms with Crippen LogP contribution in [0.3, 0.4) is 0 Å². The lowest BCUT2D eigenvalue weighted by atomic mass is 9.72. The Morgan fingerprint density at radius 2 is 0.867 bits per heavy atom. The number of rotatable bonds is 6. The second-order valence-corrected chi connectivity index (χ2v) is 7.04. The van der Waals surface area contributed by atoms with E-state index in [9.17, 15) is 74.6 Å². The Morgan fingerprint density at radius 1 is 0.533 bits per heavy atom. The second kappa shape index (κ2) is 8.47. The van der Waals surface area contributed by atoms with E-state index >= 15 is 0 Å². The van der Waals surface area contributed by atoms with Gasteiger partial charge in [0.1, 0.15) is 5.92 Å². The number of halogens is 18. The monoisotopic (exact) mass is 602 g/mol. The number of alkyl halides is 18. The van der Waals surface area contributed by atoms with Crippen LogP contribution in [-0.4, -0.2) is 46.6 Å². The molecule has 0 aromatic carbocycles. The maximum Gasteiger partial charge on any atom is 0.432 e. The first-order valence-corrected chi connectivity index (χ1v) is 8.59. The van der Waals surface area contributed by atoms with Crippen LogP contribution < -0.4 is 0 Å². The van der Waals surface area contributed by atoms with Gasteiger partial charge in [0.15, 0.2) is 0 Å². The zero-order chi connectivity index (χ0) is 24.8. The normalized spacial score (nSPS) is 17.8. The Morgan fingerprint density at radius 3 is 1.07 bits per heavy atom. The summed E-state index contributed by atoms with van der Waals surface area (Å²) in [6.07, 6.45) is -41.5. The topological polar surface area (TPSA) is 0 Å². The van der Waals surface area contributed by atoms with Gasteiger partial charge in [0.2, 0.25) is 0 Å². The van der Waals surface area contributed by atoms with Crippen molar-refractivity contribution < 1.29 is 74.6 Å². The molecule has 30 heavy (non-hydrogen) atoms. The summed E-state index contributed by atoms with van der Waals surface area (Å²) < 4.78 is 218. The molecule has 0 saturated heterocycles. The maximum atomic E-state index is 14.1. The molecule has 2 unspecified atom stereocenters. The molecule has 0 nitrogen and oxygen atoms in total. The fraction of sp³-hybridized carbons (Fsp3) is 1.00. The minimum absolute atomic E-state index is 0.890.